The highest BCUT2D eigenvalue weighted by Gasteiger charge is 2.03. The van der Waals surface area contributed by atoms with E-state index in [0.29, 0.717) is 6.54 Å². The Kier molecular flexibility index (Phi) is 3.74. The van der Waals surface area contributed by atoms with Crippen LogP contribution in [-0.2, 0) is 20.1 Å². The van der Waals surface area contributed by atoms with Crippen LogP contribution in [0, 0.1) is 10.1 Å². The number of hydrogen-bond acceptors (Lipinski definition) is 3. The van der Waals surface area contributed by atoms with Crippen molar-refractivity contribution in [2.24, 2.45) is 7.05 Å². The van der Waals surface area contributed by atoms with Crippen LogP contribution >= 0.6 is 0 Å². The van der Waals surface area contributed by atoms with Gasteiger partial charge in [-0.05, 0) is 17.7 Å². The summed E-state index contributed by atoms with van der Waals surface area (Å²) in [6.45, 7) is 1.48. The SMILES string of the molecule is Cn1cccc1CNCc1ccc([N+](=O)[O-])cc1. The van der Waals surface area contributed by atoms with E-state index >= 15 is 0 Å². The third kappa shape index (κ3) is 2.95. The first kappa shape index (κ1) is 12.3. The molecule has 0 saturated heterocycles. The Labute approximate surface area is 105 Å². The zero-order valence-corrected chi connectivity index (χ0v) is 10.2. The molecule has 0 spiro atoms. The largest absolute Gasteiger partial charge is 0.353 e. The van der Waals surface area contributed by atoms with Gasteiger partial charge in [-0.1, -0.05) is 12.1 Å². The smallest absolute Gasteiger partial charge is 0.269 e. The molecule has 0 aliphatic carbocycles. The summed E-state index contributed by atoms with van der Waals surface area (Å²) >= 11 is 0. The van der Waals surface area contributed by atoms with E-state index in [-0.39, 0.29) is 10.6 Å². The quantitative estimate of drug-likeness (QED) is 0.649. The van der Waals surface area contributed by atoms with E-state index in [9.17, 15) is 10.1 Å². The topological polar surface area (TPSA) is 60.1 Å². The molecule has 0 aliphatic heterocycles. The monoisotopic (exact) mass is 245 g/mol. The van der Waals surface area contributed by atoms with Gasteiger partial charge in [-0.2, -0.15) is 0 Å². The second-order valence-corrected chi connectivity index (χ2v) is 4.14. The molecule has 0 atom stereocenters. The lowest BCUT2D eigenvalue weighted by Crippen LogP contribution is -2.14. The molecule has 2 aromatic rings. The lowest BCUT2D eigenvalue weighted by Gasteiger charge is -2.06. The zero-order chi connectivity index (χ0) is 13.0. The normalized spacial score (nSPS) is 10.5. The number of nitrogens with zero attached hydrogens (tertiary/aromatic N) is 2. The first-order chi connectivity index (χ1) is 8.66. The molecule has 18 heavy (non-hydrogen) atoms. The first-order valence-electron chi connectivity index (χ1n) is 5.71. The lowest BCUT2D eigenvalue weighted by atomic mass is 10.2. The maximum Gasteiger partial charge on any atom is 0.269 e. The van der Waals surface area contributed by atoms with Crippen LogP contribution in [0.1, 0.15) is 11.3 Å². The van der Waals surface area contributed by atoms with Gasteiger partial charge in [-0.3, -0.25) is 10.1 Å². The van der Waals surface area contributed by atoms with E-state index in [2.05, 4.69) is 16.0 Å². The van der Waals surface area contributed by atoms with E-state index in [1.807, 2.05) is 19.3 Å². The van der Waals surface area contributed by atoms with Crippen LogP contribution in [0.5, 0.6) is 0 Å². The van der Waals surface area contributed by atoms with E-state index < -0.39 is 0 Å². The fraction of sp³-hybridized carbons (Fsp3) is 0.231. The number of aryl methyl sites for hydroxylation is 1. The summed E-state index contributed by atoms with van der Waals surface area (Å²) in [5.41, 5.74) is 2.37. The molecule has 5 nitrogen and oxygen atoms in total. The molecule has 0 aliphatic rings. The molecule has 94 valence electrons. The molecule has 0 unspecified atom stereocenters. The van der Waals surface area contributed by atoms with Crippen molar-refractivity contribution in [1.29, 1.82) is 0 Å². The molecular weight excluding hydrogens is 230 g/mol. The minimum atomic E-state index is -0.388. The average molecular weight is 245 g/mol. The van der Waals surface area contributed by atoms with Crippen LogP contribution in [0.15, 0.2) is 42.6 Å². The molecule has 1 aromatic carbocycles. The fourth-order valence-electron chi connectivity index (χ4n) is 1.75. The maximum atomic E-state index is 10.5. The number of nitrogens with one attached hydrogen (secondary N) is 1. The Hall–Kier alpha value is -2.14. The van der Waals surface area contributed by atoms with Crippen molar-refractivity contribution in [2.45, 2.75) is 13.1 Å². The molecule has 0 amide bonds. The van der Waals surface area contributed by atoms with Gasteiger partial charge in [-0.25, -0.2) is 0 Å². The Morgan fingerprint density at radius 1 is 1.22 bits per heavy atom. The number of rotatable bonds is 5. The van der Waals surface area contributed by atoms with Gasteiger partial charge < -0.3 is 9.88 Å². The van der Waals surface area contributed by atoms with Crippen molar-refractivity contribution in [3.63, 3.8) is 0 Å². The van der Waals surface area contributed by atoms with Crippen LogP contribution in [-0.4, -0.2) is 9.49 Å². The molecule has 0 radical (unpaired) electrons. The van der Waals surface area contributed by atoms with E-state index in [1.165, 1.54) is 17.8 Å². The summed E-state index contributed by atoms with van der Waals surface area (Å²) in [5, 5.41) is 13.8. The van der Waals surface area contributed by atoms with Gasteiger partial charge in [-0.15, -0.1) is 0 Å². The lowest BCUT2D eigenvalue weighted by molar-refractivity contribution is -0.384. The summed E-state index contributed by atoms with van der Waals surface area (Å²) < 4.78 is 2.06. The third-order valence-corrected chi connectivity index (χ3v) is 2.83. The molecule has 1 heterocycles. The predicted molar refractivity (Wildman–Crippen MR) is 69.1 cm³/mol. The molecule has 1 N–H and O–H groups in total. The van der Waals surface area contributed by atoms with Gasteiger partial charge in [0.05, 0.1) is 4.92 Å². The Morgan fingerprint density at radius 3 is 2.50 bits per heavy atom. The van der Waals surface area contributed by atoms with Crippen LogP contribution < -0.4 is 5.32 Å². The number of nitro benzene ring substituents is 1. The molecule has 0 fully saturated rings. The minimum Gasteiger partial charge on any atom is -0.353 e. The fourth-order valence-corrected chi connectivity index (χ4v) is 1.75. The second-order valence-electron chi connectivity index (χ2n) is 4.14. The molecular formula is C13H15N3O2. The second kappa shape index (κ2) is 5.46. The number of hydrogen-bond donors (Lipinski definition) is 1. The van der Waals surface area contributed by atoms with Gasteiger partial charge in [0.15, 0.2) is 0 Å². The van der Waals surface area contributed by atoms with E-state index in [4.69, 9.17) is 0 Å². The van der Waals surface area contributed by atoms with Crippen molar-refractivity contribution in [3.8, 4) is 0 Å². The van der Waals surface area contributed by atoms with Crippen molar-refractivity contribution >= 4 is 5.69 Å². The summed E-state index contributed by atoms with van der Waals surface area (Å²) in [6.07, 6.45) is 2.00. The van der Waals surface area contributed by atoms with Crippen LogP contribution in [0.3, 0.4) is 0 Å². The number of non-ortho nitro benzene ring substituents is 1. The molecule has 0 saturated carbocycles. The number of nitro groups is 1. The van der Waals surface area contributed by atoms with Crippen LogP contribution in [0.2, 0.25) is 0 Å². The highest BCUT2D eigenvalue weighted by molar-refractivity contribution is 5.32. The average Bonchev–Trinajstić information content (AvgIpc) is 2.76. The van der Waals surface area contributed by atoms with Crippen molar-refractivity contribution in [2.75, 3.05) is 0 Å². The molecule has 5 heteroatoms. The van der Waals surface area contributed by atoms with Crippen molar-refractivity contribution < 1.29 is 4.92 Å². The molecule has 0 bridgehead atoms. The van der Waals surface area contributed by atoms with E-state index in [0.717, 1.165) is 12.1 Å². The summed E-state index contributed by atoms with van der Waals surface area (Å²) in [4.78, 5) is 10.1. The van der Waals surface area contributed by atoms with Crippen molar-refractivity contribution in [3.05, 3.63) is 64.0 Å². The highest BCUT2D eigenvalue weighted by atomic mass is 16.6. The maximum absolute atomic E-state index is 10.5. The summed E-state index contributed by atoms with van der Waals surface area (Å²) in [6, 6.07) is 10.7. The van der Waals surface area contributed by atoms with Gasteiger partial charge in [0.1, 0.15) is 0 Å². The Morgan fingerprint density at radius 2 is 1.94 bits per heavy atom. The zero-order valence-electron chi connectivity index (χ0n) is 10.2. The molecule has 2 rings (SSSR count). The van der Waals surface area contributed by atoms with Gasteiger partial charge >= 0.3 is 0 Å². The Bertz CT molecular complexity index is 531. The predicted octanol–water partition coefficient (Wildman–Crippen LogP) is 2.22. The summed E-state index contributed by atoms with van der Waals surface area (Å²) in [5.74, 6) is 0. The summed E-state index contributed by atoms with van der Waals surface area (Å²) in [7, 11) is 2.00. The number of aromatic nitrogens is 1. The third-order valence-electron chi connectivity index (χ3n) is 2.83. The number of benzene rings is 1. The first-order valence-corrected chi connectivity index (χ1v) is 5.71. The minimum absolute atomic E-state index is 0.126. The molecule has 1 aromatic heterocycles. The Balaban J connectivity index is 1.87. The van der Waals surface area contributed by atoms with Crippen LogP contribution in [0.25, 0.3) is 0 Å². The highest BCUT2D eigenvalue weighted by Crippen LogP contribution is 2.11. The van der Waals surface area contributed by atoms with Gasteiger partial charge in [0, 0.05) is 44.2 Å². The van der Waals surface area contributed by atoms with E-state index in [1.54, 1.807) is 12.1 Å². The van der Waals surface area contributed by atoms with Gasteiger partial charge in [0.2, 0.25) is 0 Å². The standard InChI is InChI=1S/C13H15N3O2/c1-15-8-2-3-13(15)10-14-9-11-4-6-12(7-5-11)16(17)18/h2-8,14H,9-10H2,1H3. The van der Waals surface area contributed by atoms with Crippen molar-refractivity contribution in [1.82, 2.24) is 9.88 Å². The van der Waals surface area contributed by atoms with Crippen LogP contribution in [0.4, 0.5) is 5.69 Å². The van der Waals surface area contributed by atoms with Gasteiger partial charge in [0.25, 0.3) is 5.69 Å².